The van der Waals surface area contributed by atoms with Crippen molar-refractivity contribution in [3.8, 4) is 0 Å². The van der Waals surface area contributed by atoms with Gasteiger partial charge in [-0.05, 0) is 0 Å². The van der Waals surface area contributed by atoms with Gasteiger partial charge in [0.25, 0.3) is 25.4 Å². The van der Waals surface area contributed by atoms with Gasteiger partial charge in [0.05, 0.1) is 0 Å². The average molecular weight is 461 g/mol. The molecule has 0 aliphatic rings. The molecule has 0 aromatic rings. The van der Waals surface area contributed by atoms with Crippen LogP contribution < -0.4 is 0 Å². The summed E-state index contributed by atoms with van der Waals surface area (Å²) in [5.74, 6) is -1.48. The van der Waals surface area contributed by atoms with Crippen molar-refractivity contribution < 1.29 is 59.2 Å². The van der Waals surface area contributed by atoms with E-state index in [4.69, 9.17) is 0 Å². The van der Waals surface area contributed by atoms with E-state index in [1.165, 1.54) is 0 Å². The molecule has 22 heteroatoms. The van der Waals surface area contributed by atoms with E-state index in [9.17, 15) is 55.4 Å². The Morgan fingerprint density at radius 2 is 1.10 bits per heavy atom. The number of hydrogen-bond acceptors (Lipinski definition) is 17. The largest absolute Gasteiger partial charge is 0.454 e. The smallest absolute Gasteiger partial charge is 0.330 e. The Bertz CT molecular complexity index is 712. The monoisotopic (exact) mass is 461 g/mol. The van der Waals surface area contributed by atoms with Crippen LogP contribution in [-0.2, 0) is 33.7 Å². The molecule has 0 spiro atoms. The van der Waals surface area contributed by atoms with Gasteiger partial charge in [0, 0.05) is 6.08 Å². The number of carbonyl (C=O) groups is 1. The molecule has 0 saturated heterocycles. The summed E-state index contributed by atoms with van der Waals surface area (Å²) in [5.41, 5.74) is 0. The minimum atomic E-state index is -2.61. The number of rotatable bonds is 17. The van der Waals surface area contributed by atoms with Gasteiger partial charge in [-0.15, -0.1) is 50.6 Å². The van der Waals surface area contributed by atoms with Crippen LogP contribution in [-0.4, -0.2) is 69.0 Å². The van der Waals surface area contributed by atoms with Crippen LogP contribution in [0.4, 0.5) is 0 Å². The van der Waals surface area contributed by atoms with Crippen LogP contribution in [0.2, 0.25) is 0 Å². The number of nitrogens with zero attached hydrogens (tertiary/aromatic N) is 5. The molecule has 0 rings (SSSR count). The molecule has 0 aromatic heterocycles. The van der Waals surface area contributed by atoms with Crippen molar-refractivity contribution in [3.05, 3.63) is 63.2 Å². The van der Waals surface area contributed by atoms with Gasteiger partial charge in [-0.1, -0.05) is 6.58 Å². The highest BCUT2D eigenvalue weighted by Gasteiger charge is 2.45. The minimum Gasteiger partial charge on any atom is -0.454 e. The van der Waals surface area contributed by atoms with Crippen molar-refractivity contribution in [2.24, 2.45) is 0 Å². The van der Waals surface area contributed by atoms with E-state index in [1.54, 1.807) is 0 Å². The first-order valence-electron chi connectivity index (χ1n) is 7.18. The third kappa shape index (κ3) is 11.0. The summed E-state index contributed by atoms with van der Waals surface area (Å²) < 4.78 is 4.58. The Morgan fingerprint density at radius 3 is 1.42 bits per heavy atom. The van der Waals surface area contributed by atoms with E-state index in [1.807, 2.05) is 0 Å². The molecule has 4 atom stereocenters. The summed E-state index contributed by atoms with van der Waals surface area (Å²) in [7, 11) is 0. The highest BCUT2D eigenvalue weighted by molar-refractivity contribution is 5.81. The Hall–Kier alpha value is -4.79. The molecule has 0 saturated carbocycles. The number of hydrogen-bond donors (Lipinski definition) is 0. The summed E-state index contributed by atoms with van der Waals surface area (Å²) in [6, 6.07) is 0. The number of ether oxygens (including phenoxy) is 1. The lowest BCUT2D eigenvalue weighted by Crippen LogP contribution is -2.54. The van der Waals surface area contributed by atoms with Gasteiger partial charge in [-0.2, -0.15) is 0 Å². The van der Waals surface area contributed by atoms with E-state index in [2.05, 4.69) is 35.5 Å². The lowest BCUT2D eigenvalue weighted by molar-refractivity contribution is -0.815. The summed E-state index contributed by atoms with van der Waals surface area (Å²) in [5, 5.41) is 45.1. The summed E-state index contributed by atoms with van der Waals surface area (Å²) in [6.07, 6.45) is -9.54. The molecule has 22 nitrogen and oxygen atoms in total. The van der Waals surface area contributed by atoms with Gasteiger partial charge >= 0.3 is 5.97 Å². The molecule has 0 N–H and O–H groups in total. The summed E-state index contributed by atoms with van der Waals surface area (Å²) in [6.45, 7) is 0.0733. The van der Waals surface area contributed by atoms with E-state index < -0.39 is 69.0 Å². The van der Waals surface area contributed by atoms with Crippen molar-refractivity contribution in [1.82, 2.24) is 0 Å². The lowest BCUT2D eigenvalue weighted by atomic mass is 10.0. The van der Waals surface area contributed by atoms with Crippen LogP contribution in [0.1, 0.15) is 0 Å². The third-order valence-electron chi connectivity index (χ3n) is 2.81. The number of esters is 1. The molecule has 31 heavy (non-hydrogen) atoms. The third-order valence-corrected chi connectivity index (χ3v) is 2.81. The molecular weight excluding hydrogens is 450 g/mol. The molecule has 0 fully saturated rings. The number of carbonyl (C=O) groups excluding carboxylic acids is 1. The first-order valence-corrected chi connectivity index (χ1v) is 7.18. The van der Waals surface area contributed by atoms with E-state index >= 15 is 0 Å². The standard InChI is InChI=1S/C9H11N5O17/c1-2-7(15)28-8(5(29-12(20)21)3-26-10(16)17)9(31-14(24)25)6(30-13(22)23)4-27-11(18)19/h2,5-6,8-9H,1,3-4H2/t5-,6-,8-,9-/m1/s1. The van der Waals surface area contributed by atoms with Crippen LogP contribution in [0.3, 0.4) is 0 Å². The molecule has 0 unspecified atom stereocenters. The van der Waals surface area contributed by atoms with Crippen molar-refractivity contribution >= 4 is 5.97 Å². The molecule has 0 bridgehead atoms. The summed E-state index contributed by atoms with van der Waals surface area (Å²) >= 11 is 0. The van der Waals surface area contributed by atoms with Gasteiger partial charge in [-0.25, -0.2) is 4.79 Å². The first kappa shape index (κ1) is 26.2. The molecule has 0 heterocycles. The van der Waals surface area contributed by atoms with Gasteiger partial charge in [0.1, 0.15) is 13.2 Å². The van der Waals surface area contributed by atoms with E-state index in [0.717, 1.165) is 0 Å². The van der Waals surface area contributed by atoms with Gasteiger partial charge in [0.15, 0.2) is 24.4 Å². The highest BCUT2D eigenvalue weighted by atomic mass is 17.0. The second-order valence-corrected chi connectivity index (χ2v) is 4.67. The Labute approximate surface area is 167 Å². The molecule has 0 amide bonds. The molecule has 174 valence electrons. The van der Waals surface area contributed by atoms with Crippen LogP contribution in [0, 0.1) is 50.6 Å². The summed E-state index contributed by atoms with van der Waals surface area (Å²) in [4.78, 5) is 84.2. The van der Waals surface area contributed by atoms with Crippen LogP contribution >= 0.6 is 0 Å². The van der Waals surface area contributed by atoms with Crippen LogP contribution in [0.25, 0.3) is 0 Å². The van der Waals surface area contributed by atoms with Gasteiger partial charge < -0.3 is 28.9 Å². The van der Waals surface area contributed by atoms with Crippen molar-refractivity contribution in [1.29, 1.82) is 0 Å². The van der Waals surface area contributed by atoms with E-state index in [0.29, 0.717) is 6.08 Å². The van der Waals surface area contributed by atoms with Crippen LogP contribution in [0.15, 0.2) is 12.7 Å². The first-order chi connectivity index (χ1) is 14.4. The maximum absolute atomic E-state index is 11.6. The quantitative estimate of drug-likeness (QED) is 0.100. The normalized spacial score (nSPS) is 13.8. The zero-order chi connectivity index (χ0) is 24.1. The van der Waals surface area contributed by atoms with Crippen molar-refractivity contribution in [2.75, 3.05) is 13.2 Å². The molecule has 0 aliphatic carbocycles. The van der Waals surface area contributed by atoms with Crippen molar-refractivity contribution in [3.63, 3.8) is 0 Å². The molecule has 0 aromatic carbocycles. The SMILES string of the molecule is C=CC(=O)O[C@@H]([C@H](O[N+](=O)[O-])[C@@H](CO[N+](=O)[O-])O[N+](=O)[O-])[C@@H](CO[N+](=O)[O-])O[N+](=O)[O-]. The zero-order valence-electron chi connectivity index (χ0n) is 14.7. The van der Waals surface area contributed by atoms with Crippen LogP contribution in [0.5, 0.6) is 0 Å². The maximum atomic E-state index is 11.6. The average Bonchev–Trinajstić information content (AvgIpc) is 2.63. The Balaban J connectivity index is 6.32. The minimum absolute atomic E-state index is 0.421. The predicted molar refractivity (Wildman–Crippen MR) is 81.6 cm³/mol. The second kappa shape index (κ2) is 12.6. The molecule has 0 aliphatic heterocycles. The topological polar surface area (TPSA) is 288 Å². The predicted octanol–water partition coefficient (Wildman–Crippen LogP) is -1.77. The Kier molecular flexibility index (Phi) is 10.7. The van der Waals surface area contributed by atoms with Crippen molar-refractivity contribution in [2.45, 2.75) is 24.4 Å². The lowest BCUT2D eigenvalue weighted by Gasteiger charge is -2.32. The maximum Gasteiger partial charge on any atom is 0.330 e. The fourth-order valence-corrected chi connectivity index (χ4v) is 1.84. The zero-order valence-corrected chi connectivity index (χ0v) is 14.7. The molecular formula is C9H11N5O17. The Morgan fingerprint density at radius 1 is 0.710 bits per heavy atom. The highest BCUT2D eigenvalue weighted by Crippen LogP contribution is 2.20. The fraction of sp³-hybridized carbons (Fsp3) is 0.667. The second-order valence-electron chi connectivity index (χ2n) is 4.67. The fourth-order valence-electron chi connectivity index (χ4n) is 1.84. The van der Waals surface area contributed by atoms with Gasteiger partial charge in [-0.3, -0.25) is 0 Å². The van der Waals surface area contributed by atoms with Gasteiger partial charge in [0.2, 0.25) is 0 Å². The van der Waals surface area contributed by atoms with E-state index in [-0.39, 0.29) is 0 Å². The molecule has 0 radical (unpaired) electrons.